The molecule has 5 heteroatoms. The molecule has 0 saturated heterocycles. The Kier molecular flexibility index (Phi) is 3.31. The molecule has 0 bridgehead atoms. The molecule has 1 aliphatic rings. The third kappa shape index (κ3) is 2.15. The summed E-state index contributed by atoms with van der Waals surface area (Å²) in [6.45, 7) is 1.22. The van der Waals surface area contributed by atoms with E-state index in [9.17, 15) is 13.2 Å². The lowest BCUT2D eigenvalue weighted by Gasteiger charge is -2.15. The molecule has 14 heavy (non-hydrogen) atoms. The van der Waals surface area contributed by atoms with Gasteiger partial charge in [0.1, 0.15) is 0 Å². The maximum atomic E-state index is 11.7. The molecule has 0 aromatic heterocycles. The molecule has 1 aliphatic carbocycles. The van der Waals surface area contributed by atoms with Crippen LogP contribution < -0.4 is 0 Å². The molecule has 0 heterocycles. The third-order valence-corrected chi connectivity index (χ3v) is 4.66. The fourth-order valence-electron chi connectivity index (χ4n) is 1.43. The Balaban J connectivity index is 2.95. The van der Waals surface area contributed by atoms with E-state index < -0.39 is 21.1 Å². The molecule has 0 fully saturated rings. The summed E-state index contributed by atoms with van der Waals surface area (Å²) in [5.41, 5.74) is 0. The average Bonchev–Trinajstić information content (AvgIpc) is 2.18. The number of carboxylic acid groups (broad SMARTS) is 1. The fourth-order valence-corrected chi connectivity index (χ4v) is 2.93. The summed E-state index contributed by atoms with van der Waals surface area (Å²) >= 11 is 0. The van der Waals surface area contributed by atoms with Crippen molar-refractivity contribution in [1.29, 1.82) is 0 Å². The molecule has 1 unspecified atom stereocenters. The van der Waals surface area contributed by atoms with E-state index in [0.717, 1.165) is 19.3 Å². The van der Waals surface area contributed by atoms with Crippen molar-refractivity contribution in [2.45, 2.75) is 37.9 Å². The molecule has 0 amide bonds. The van der Waals surface area contributed by atoms with Crippen LogP contribution in [0.25, 0.3) is 0 Å². The summed E-state index contributed by atoms with van der Waals surface area (Å²) in [5, 5.41) is 7.31. The lowest BCUT2D eigenvalue weighted by molar-refractivity contribution is -0.136. The van der Waals surface area contributed by atoms with Gasteiger partial charge >= 0.3 is 5.97 Å². The van der Waals surface area contributed by atoms with Gasteiger partial charge in [0.15, 0.2) is 15.1 Å². The molecule has 80 valence electrons. The number of aliphatic carboxylic acids is 1. The highest BCUT2D eigenvalue weighted by atomic mass is 32.2. The Morgan fingerprint density at radius 3 is 2.57 bits per heavy atom. The zero-order chi connectivity index (χ0) is 10.8. The fraction of sp³-hybridized carbons (Fsp3) is 0.667. The largest absolute Gasteiger partial charge is 0.480 e. The minimum Gasteiger partial charge on any atom is -0.480 e. The van der Waals surface area contributed by atoms with Crippen LogP contribution in [0.15, 0.2) is 11.0 Å². The number of carbonyl (C=O) groups is 1. The van der Waals surface area contributed by atoms with Gasteiger partial charge < -0.3 is 5.11 Å². The molecule has 1 atom stereocenters. The first-order valence-electron chi connectivity index (χ1n) is 4.62. The summed E-state index contributed by atoms with van der Waals surface area (Å²) in [7, 11) is -3.60. The van der Waals surface area contributed by atoms with Crippen LogP contribution in [0, 0.1) is 0 Å². The van der Waals surface area contributed by atoms with Crippen LogP contribution in [0.2, 0.25) is 0 Å². The van der Waals surface area contributed by atoms with Crippen LogP contribution in [0.4, 0.5) is 0 Å². The van der Waals surface area contributed by atoms with Crippen molar-refractivity contribution in [3.8, 4) is 0 Å². The van der Waals surface area contributed by atoms with Crippen LogP contribution >= 0.6 is 0 Å². The van der Waals surface area contributed by atoms with Crippen LogP contribution in [0.1, 0.15) is 32.6 Å². The zero-order valence-corrected chi connectivity index (χ0v) is 8.88. The lowest BCUT2D eigenvalue weighted by atomic mass is 10.1. The van der Waals surface area contributed by atoms with Crippen LogP contribution in [0.3, 0.4) is 0 Å². The Hall–Kier alpha value is -0.840. The van der Waals surface area contributed by atoms with Crippen LogP contribution in [0.5, 0.6) is 0 Å². The van der Waals surface area contributed by atoms with Gasteiger partial charge in [-0.2, -0.15) is 0 Å². The third-order valence-electron chi connectivity index (χ3n) is 2.43. The molecule has 0 saturated carbocycles. The predicted molar refractivity (Wildman–Crippen MR) is 52.6 cm³/mol. The molecule has 0 aromatic rings. The molecule has 0 aromatic carbocycles. The second-order valence-corrected chi connectivity index (χ2v) is 5.76. The Bertz CT molecular complexity index is 353. The Morgan fingerprint density at radius 1 is 1.50 bits per heavy atom. The van der Waals surface area contributed by atoms with E-state index in [4.69, 9.17) is 5.11 Å². The number of allylic oxidation sites excluding steroid dienone is 2. The SMILES string of the molecule is CC(C(=O)O)S(=O)(=O)C1=CCCCC1. The lowest BCUT2D eigenvalue weighted by Crippen LogP contribution is -2.28. The molecular formula is C9H14O4S. The maximum Gasteiger partial charge on any atom is 0.321 e. The van der Waals surface area contributed by atoms with Crippen molar-refractivity contribution in [1.82, 2.24) is 0 Å². The van der Waals surface area contributed by atoms with E-state index in [2.05, 4.69) is 0 Å². The first kappa shape index (κ1) is 11.2. The van der Waals surface area contributed by atoms with E-state index >= 15 is 0 Å². The zero-order valence-electron chi connectivity index (χ0n) is 8.06. The minimum absolute atomic E-state index is 0.304. The first-order valence-corrected chi connectivity index (χ1v) is 6.16. The van der Waals surface area contributed by atoms with Crippen molar-refractivity contribution >= 4 is 15.8 Å². The smallest absolute Gasteiger partial charge is 0.321 e. The second-order valence-electron chi connectivity index (χ2n) is 3.44. The van der Waals surface area contributed by atoms with Crippen molar-refractivity contribution in [2.24, 2.45) is 0 Å². The van der Waals surface area contributed by atoms with Gasteiger partial charge in [-0.15, -0.1) is 0 Å². The molecular weight excluding hydrogens is 204 g/mol. The van der Waals surface area contributed by atoms with Gasteiger partial charge in [0.25, 0.3) is 0 Å². The monoisotopic (exact) mass is 218 g/mol. The average molecular weight is 218 g/mol. The van der Waals surface area contributed by atoms with Crippen molar-refractivity contribution in [3.63, 3.8) is 0 Å². The van der Waals surface area contributed by atoms with Gasteiger partial charge in [-0.05, 0) is 32.6 Å². The molecule has 4 nitrogen and oxygen atoms in total. The second kappa shape index (κ2) is 4.13. The Labute approximate surface area is 83.5 Å². The van der Waals surface area contributed by atoms with E-state index in [1.165, 1.54) is 6.92 Å². The van der Waals surface area contributed by atoms with Gasteiger partial charge in [0, 0.05) is 4.91 Å². The van der Waals surface area contributed by atoms with E-state index in [-0.39, 0.29) is 0 Å². The van der Waals surface area contributed by atoms with Gasteiger partial charge in [-0.3, -0.25) is 4.79 Å². The summed E-state index contributed by atoms with van der Waals surface area (Å²) in [5.74, 6) is -1.28. The van der Waals surface area contributed by atoms with E-state index in [0.29, 0.717) is 11.3 Å². The summed E-state index contributed by atoms with van der Waals surface area (Å²) in [4.78, 5) is 10.9. The van der Waals surface area contributed by atoms with Crippen LogP contribution in [-0.2, 0) is 14.6 Å². The highest BCUT2D eigenvalue weighted by molar-refractivity contribution is 7.96. The number of hydrogen-bond donors (Lipinski definition) is 1. The van der Waals surface area contributed by atoms with Crippen molar-refractivity contribution in [2.75, 3.05) is 0 Å². The van der Waals surface area contributed by atoms with Gasteiger partial charge in [0.2, 0.25) is 0 Å². The number of carboxylic acids is 1. The normalized spacial score (nSPS) is 19.9. The number of sulfone groups is 1. The summed E-state index contributed by atoms with van der Waals surface area (Å²) < 4.78 is 23.4. The van der Waals surface area contributed by atoms with Gasteiger partial charge in [-0.25, -0.2) is 8.42 Å². The highest BCUT2D eigenvalue weighted by Crippen LogP contribution is 2.25. The van der Waals surface area contributed by atoms with Crippen LogP contribution in [-0.4, -0.2) is 24.7 Å². The van der Waals surface area contributed by atoms with Gasteiger partial charge in [-0.1, -0.05) is 6.08 Å². The first-order chi connectivity index (χ1) is 6.46. The number of hydrogen-bond acceptors (Lipinski definition) is 3. The minimum atomic E-state index is -3.60. The van der Waals surface area contributed by atoms with Gasteiger partial charge in [0.05, 0.1) is 0 Å². The molecule has 0 radical (unpaired) electrons. The summed E-state index contributed by atoms with van der Waals surface area (Å²) in [6.07, 6.45) is 4.69. The standard InChI is InChI=1S/C9H14O4S/c1-7(9(10)11)14(12,13)8-5-3-2-4-6-8/h5,7H,2-4,6H2,1H3,(H,10,11). The van der Waals surface area contributed by atoms with E-state index in [1.54, 1.807) is 6.08 Å². The number of rotatable bonds is 3. The topological polar surface area (TPSA) is 71.4 Å². The van der Waals surface area contributed by atoms with Crippen molar-refractivity contribution in [3.05, 3.63) is 11.0 Å². The highest BCUT2D eigenvalue weighted by Gasteiger charge is 2.31. The molecule has 1 N–H and O–H groups in total. The predicted octanol–water partition coefficient (Wildman–Crippen LogP) is 1.33. The maximum absolute atomic E-state index is 11.7. The quantitative estimate of drug-likeness (QED) is 0.775. The van der Waals surface area contributed by atoms with Crippen molar-refractivity contribution < 1.29 is 18.3 Å². The molecule has 0 aliphatic heterocycles. The van der Waals surface area contributed by atoms with E-state index in [1.807, 2.05) is 0 Å². The molecule has 0 spiro atoms. The molecule has 1 rings (SSSR count). The summed E-state index contributed by atoms with van der Waals surface area (Å²) in [6, 6.07) is 0. The Morgan fingerprint density at radius 2 is 2.14 bits per heavy atom.